The van der Waals surface area contributed by atoms with Gasteiger partial charge in [0.05, 0.1) is 10.7 Å². The lowest BCUT2D eigenvalue weighted by atomic mass is 10.1. The van der Waals surface area contributed by atoms with Crippen molar-refractivity contribution in [2.75, 3.05) is 0 Å². The molecule has 0 radical (unpaired) electrons. The highest BCUT2D eigenvalue weighted by Gasteiger charge is 2.09. The SMILES string of the molecule is NCc1ccncc1Oc1ccc2ccccc2c1Br. The molecule has 0 spiro atoms. The zero-order valence-electron chi connectivity index (χ0n) is 10.7. The quantitative estimate of drug-likeness (QED) is 0.781. The molecule has 4 heteroatoms. The number of benzene rings is 2. The second kappa shape index (κ2) is 5.61. The van der Waals surface area contributed by atoms with Gasteiger partial charge in [-0.05, 0) is 38.8 Å². The molecular formula is C16H13BrN2O. The van der Waals surface area contributed by atoms with Gasteiger partial charge in [0.25, 0.3) is 0 Å². The van der Waals surface area contributed by atoms with Gasteiger partial charge in [-0.1, -0.05) is 30.3 Å². The van der Waals surface area contributed by atoms with Crippen LogP contribution < -0.4 is 10.5 Å². The van der Waals surface area contributed by atoms with Gasteiger partial charge in [-0.25, -0.2) is 0 Å². The van der Waals surface area contributed by atoms with Crippen molar-refractivity contribution in [2.45, 2.75) is 6.54 Å². The van der Waals surface area contributed by atoms with Crippen LogP contribution in [0.4, 0.5) is 0 Å². The maximum absolute atomic E-state index is 5.95. The molecule has 0 bridgehead atoms. The van der Waals surface area contributed by atoms with Gasteiger partial charge in [-0.15, -0.1) is 0 Å². The van der Waals surface area contributed by atoms with E-state index in [9.17, 15) is 0 Å². The van der Waals surface area contributed by atoms with Gasteiger partial charge in [-0.2, -0.15) is 0 Å². The summed E-state index contributed by atoms with van der Waals surface area (Å²) >= 11 is 3.61. The summed E-state index contributed by atoms with van der Waals surface area (Å²) in [5.74, 6) is 1.44. The molecule has 0 atom stereocenters. The van der Waals surface area contributed by atoms with E-state index in [1.807, 2.05) is 30.3 Å². The minimum Gasteiger partial charge on any atom is -0.454 e. The number of nitrogens with zero attached hydrogens (tertiary/aromatic N) is 1. The minimum atomic E-state index is 0.420. The second-order valence-corrected chi connectivity index (χ2v) is 5.18. The number of ether oxygens (including phenoxy) is 1. The van der Waals surface area contributed by atoms with Crippen LogP contribution in [0.15, 0.2) is 59.3 Å². The van der Waals surface area contributed by atoms with Crippen molar-refractivity contribution in [3.8, 4) is 11.5 Å². The minimum absolute atomic E-state index is 0.420. The summed E-state index contributed by atoms with van der Waals surface area (Å²) in [6.45, 7) is 0.420. The first-order chi connectivity index (χ1) is 9.79. The molecule has 0 saturated heterocycles. The zero-order valence-corrected chi connectivity index (χ0v) is 12.3. The Bertz CT molecular complexity index is 758. The lowest BCUT2D eigenvalue weighted by Gasteiger charge is -2.12. The van der Waals surface area contributed by atoms with Crippen molar-refractivity contribution in [1.29, 1.82) is 0 Å². The van der Waals surface area contributed by atoms with E-state index in [1.54, 1.807) is 12.4 Å². The van der Waals surface area contributed by atoms with E-state index in [2.05, 4.69) is 33.0 Å². The normalized spacial score (nSPS) is 10.7. The first-order valence-electron chi connectivity index (χ1n) is 6.27. The maximum Gasteiger partial charge on any atom is 0.150 e. The highest BCUT2D eigenvalue weighted by Crippen LogP contribution is 2.36. The number of fused-ring (bicyclic) bond motifs is 1. The lowest BCUT2D eigenvalue weighted by Crippen LogP contribution is -2.00. The molecule has 100 valence electrons. The lowest BCUT2D eigenvalue weighted by molar-refractivity contribution is 0.472. The molecule has 3 aromatic rings. The van der Waals surface area contributed by atoms with Gasteiger partial charge in [0.15, 0.2) is 0 Å². The number of hydrogen-bond acceptors (Lipinski definition) is 3. The molecule has 2 aromatic carbocycles. The third-order valence-corrected chi connectivity index (χ3v) is 3.96. The number of rotatable bonds is 3. The highest BCUT2D eigenvalue weighted by atomic mass is 79.9. The van der Waals surface area contributed by atoms with Crippen molar-refractivity contribution in [2.24, 2.45) is 5.73 Å². The predicted molar refractivity (Wildman–Crippen MR) is 83.9 cm³/mol. The summed E-state index contributed by atoms with van der Waals surface area (Å²) in [5, 5.41) is 2.28. The molecule has 0 aliphatic heterocycles. The molecule has 20 heavy (non-hydrogen) atoms. The van der Waals surface area contributed by atoms with Gasteiger partial charge in [0, 0.05) is 18.3 Å². The molecule has 0 fully saturated rings. The molecule has 0 saturated carbocycles. The van der Waals surface area contributed by atoms with Crippen molar-refractivity contribution in [1.82, 2.24) is 4.98 Å². The summed E-state index contributed by atoms with van der Waals surface area (Å²) < 4.78 is 6.88. The Morgan fingerprint density at radius 3 is 2.75 bits per heavy atom. The Morgan fingerprint density at radius 2 is 1.90 bits per heavy atom. The number of aromatic nitrogens is 1. The van der Waals surface area contributed by atoms with Crippen LogP contribution in [-0.4, -0.2) is 4.98 Å². The van der Waals surface area contributed by atoms with Crippen molar-refractivity contribution in [3.63, 3.8) is 0 Å². The van der Waals surface area contributed by atoms with E-state index in [-0.39, 0.29) is 0 Å². The summed E-state index contributed by atoms with van der Waals surface area (Å²) in [5.41, 5.74) is 6.64. The Kier molecular flexibility index (Phi) is 3.67. The summed E-state index contributed by atoms with van der Waals surface area (Å²) in [6, 6.07) is 14.0. The average molecular weight is 329 g/mol. The van der Waals surface area contributed by atoms with E-state index in [0.717, 1.165) is 26.6 Å². The number of hydrogen-bond donors (Lipinski definition) is 1. The average Bonchev–Trinajstić information content (AvgIpc) is 2.51. The fraction of sp³-hybridized carbons (Fsp3) is 0.0625. The van der Waals surface area contributed by atoms with Crippen LogP contribution in [0.5, 0.6) is 11.5 Å². The van der Waals surface area contributed by atoms with Crippen molar-refractivity contribution < 1.29 is 4.74 Å². The zero-order chi connectivity index (χ0) is 13.9. The monoisotopic (exact) mass is 328 g/mol. The van der Waals surface area contributed by atoms with E-state index in [1.165, 1.54) is 0 Å². The fourth-order valence-corrected chi connectivity index (χ4v) is 2.65. The molecular weight excluding hydrogens is 316 g/mol. The van der Waals surface area contributed by atoms with E-state index in [0.29, 0.717) is 12.3 Å². The van der Waals surface area contributed by atoms with Crippen LogP contribution in [0, 0.1) is 0 Å². The number of nitrogens with two attached hydrogens (primary N) is 1. The number of halogens is 1. The molecule has 0 aliphatic rings. The first kappa shape index (κ1) is 13.1. The van der Waals surface area contributed by atoms with Gasteiger partial charge in [0.2, 0.25) is 0 Å². The standard InChI is InChI=1S/C16H13BrN2O/c17-16-13-4-2-1-3-11(13)5-6-14(16)20-15-10-19-8-7-12(15)9-18/h1-8,10H,9,18H2. The molecule has 1 aromatic heterocycles. The highest BCUT2D eigenvalue weighted by molar-refractivity contribution is 9.10. The molecule has 0 unspecified atom stereocenters. The Morgan fingerprint density at radius 1 is 1.05 bits per heavy atom. The summed E-state index contributed by atoms with van der Waals surface area (Å²) in [7, 11) is 0. The van der Waals surface area contributed by atoms with E-state index < -0.39 is 0 Å². The fourth-order valence-electron chi connectivity index (χ4n) is 2.08. The molecule has 0 amide bonds. The second-order valence-electron chi connectivity index (χ2n) is 4.39. The summed E-state index contributed by atoms with van der Waals surface area (Å²) in [6.07, 6.45) is 3.40. The van der Waals surface area contributed by atoms with Crippen LogP contribution in [-0.2, 0) is 6.54 Å². The Hall–Kier alpha value is -1.91. The Balaban J connectivity index is 2.05. The smallest absolute Gasteiger partial charge is 0.150 e. The predicted octanol–water partition coefficient (Wildman–Crippen LogP) is 4.25. The third-order valence-electron chi connectivity index (χ3n) is 3.14. The summed E-state index contributed by atoms with van der Waals surface area (Å²) in [4.78, 5) is 4.09. The number of pyridine rings is 1. The molecule has 3 rings (SSSR count). The first-order valence-corrected chi connectivity index (χ1v) is 7.07. The third kappa shape index (κ3) is 2.40. The molecule has 0 aliphatic carbocycles. The molecule has 1 heterocycles. The van der Waals surface area contributed by atoms with Crippen LogP contribution in [0.3, 0.4) is 0 Å². The largest absolute Gasteiger partial charge is 0.454 e. The van der Waals surface area contributed by atoms with Crippen LogP contribution >= 0.6 is 15.9 Å². The van der Waals surface area contributed by atoms with Gasteiger partial charge in [-0.3, -0.25) is 4.98 Å². The van der Waals surface area contributed by atoms with E-state index >= 15 is 0 Å². The molecule has 2 N–H and O–H groups in total. The van der Waals surface area contributed by atoms with Crippen LogP contribution in [0.25, 0.3) is 10.8 Å². The van der Waals surface area contributed by atoms with E-state index in [4.69, 9.17) is 10.5 Å². The van der Waals surface area contributed by atoms with Gasteiger partial charge in [0.1, 0.15) is 11.5 Å². The Labute approximate surface area is 125 Å². The van der Waals surface area contributed by atoms with Crippen molar-refractivity contribution >= 4 is 26.7 Å². The van der Waals surface area contributed by atoms with Gasteiger partial charge < -0.3 is 10.5 Å². The molecule has 3 nitrogen and oxygen atoms in total. The maximum atomic E-state index is 5.95. The van der Waals surface area contributed by atoms with Crippen LogP contribution in [0.1, 0.15) is 5.56 Å². The van der Waals surface area contributed by atoms with Crippen LogP contribution in [0.2, 0.25) is 0 Å². The topological polar surface area (TPSA) is 48.1 Å². The van der Waals surface area contributed by atoms with Crippen molar-refractivity contribution in [3.05, 3.63) is 64.9 Å². The van der Waals surface area contributed by atoms with Gasteiger partial charge >= 0.3 is 0 Å².